The van der Waals surface area contributed by atoms with E-state index in [1.165, 1.54) is 20.9 Å². The Kier molecular flexibility index (Phi) is 5.10. The number of nitrogens with zero attached hydrogens (tertiary/aromatic N) is 1. The Morgan fingerprint density at radius 3 is 2.37 bits per heavy atom. The fourth-order valence-corrected chi connectivity index (χ4v) is 5.00. The summed E-state index contributed by atoms with van der Waals surface area (Å²) in [5.41, 5.74) is 3.53. The van der Waals surface area contributed by atoms with E-state index in [0.717, 1.165) is 24.9 Å². The van der Waals surface area contributed by atoms with Crippen LogP contribution in [0.3, 0.4) is 0 Å². The summed E-state index contributed by atoms with van der Waals surface area (Å²) in [5, 5.41) is 9.69. The number of likely N-dealkylation sites (tertiary alicyclic amines) is 1. The van der Waals surface area contributed by atoms with Crippen LogP contribution in [-0.4, -0.2) is 28.6 Å². The molecule has 3 nitrogen and oxygen atoms in total. The summed E-state index contributed by atoms with van der Waals surface area (Å²) in [4.78, 5) is 16.4. The molecule has 0 aliphatic carbocycles. The van der Waals surface area contributed by atoms with Gasteiger partial charge in [-0.2, -0.15) is 0 Å². The Balaban J connectivity index is 1.72. The van der Waals surface area contributed by atoms with E-state index in [2.05, 4.69) is 60.4 Å². The Hall–Kier alpha value is -2.43. The summed E-state index contributed by atoms with van der Waals surface area (Å²) in [6.45, 7) is 2.92. The zero-order valence-corrected chi connectivity index (χ0v) is 16.2. The van der Waals surface area contributed by atoms with Gasteiger partial charge in [0.1, 0.15) is 6.04 Å². The predicted octanol–water partition coefficient (Wildman–Crippen LogP) is 5.36. The van der Waals surface area contributed by atoms with Crippen LogP contribution in [0.15, 0.2) is 66.7 Å². The van der Waals surface area contributed by atoms with Gasteiger partial charge in [0.2, 0.25) is 0 Å². The van der Waals surface area contributed by atoms with Crippen LogP contribution in [0.25, 0.3) is 11.1 Å². The summed E-state index contributed by atoms with van der Waals surface area (Å²) in [6.07, 6.45) is 1.65. The van der Waals surface area contributed by atoms with Gasteiger partial charge >= 0.3 is 5.97 Å². The Morgan fingerprint density at radius 2 is 1.74 bits per heavy atom. The Bertz CT molecular complexity index is 917. The van der Waals surface area contributed by atoms with Gasteiger partial charge in [0.15, 0.2) is 0 Å². The van der Waals surface area contributed by atoms with Gasteiger partial charge < -0.3 is 5.11 Å². The molecular weight excluding hydrogens is 354 g/mol. The normalized spacial score (nSPS) is 18.5. The summed E-state index contributed by atoms with van der Waals surface area (Å²) in [5.74, 6) is -0.716. The molecule has 0 saturated carbocycles. The lowest BCUT2D eigenvalue weighted by atomic mass is 9.98. The molecule has 138 valence electrons. The maximum absolute atomic E-state index is 11.8. The van der Waals surface area contributed by atoms with Crippen molar-refractivity contribution >= 4 is 17.3 Å². The second-order valence-electron chi connectivity index (χ2n) is 7.07. The standard InChI is InChI=1S/C23H23NO2S/c1-16-9-14-21(27-16)22(24-15-5-8-20(24)23(25)26)19-12-10-18(11-13-19)17-6-3-2-4-7-17/h2-4,6-7,9-14,20,22H,5,8,15H2,1H3,(H,25,26). The number of carboxylic acid groups (broad SMARTS) is 1. The molecule has 2 heterocycles. The van der Waals surface area contributed by atoms with Crippen molar-refractivity contribution in [1.29, 1.82) is 0 Å². The van der Waals surface area contributed by atoms with Crippen molar-refractivity contribution in [3.8, 4) is 11.1 Å². The SMILES string of the molecule is Cc1ccc(C(c2ccc(-c3ccccc3)cc2)N2CCCC2C(=O)O)s1. The van der Waals surface area contributed by atoms with Crippen LogP contribution in [0.4, 0.5) is 0 Å². The van der Waals surface area contributed by atoms with Crippen molar-refractivity contribution in [1.82, 2.24) is 4.90 Å². The van der Waals surface area contributed by atoms with E-state index in [1.54, 1.807) is 11.3 Å². The molecule has 4 heteroatoms. The predicted molar refractivity (Wildman–Crippen MR) is 110 cm³/mol. The minimum absolute atomic E-state index is 0.00266. The molecule has 2 unspecified atom stereocenters. The molecule has 1 aliphatic rings. The quantitative estimate of drug-likeness (QED) is 0.650. The molecule has 3 aromatic rings. The van der Waals surface area contributed by atoms with Gasteiger partial charge in [0.25, 0.3) is 0 Å². The highest BCUT2D eigenvalue weighted by molar-refractivity contribution is 7.12. The first-order valence-electron chi connectivity index (χ1n) is 9.34. The second-order valence-corrected chi connectivity index (χ2v) is 8.39. The summed E-state index contributed by atoms with van der Waals surface area (Å²) in [7, 11) is 0. The van der Waals surface area contributed by atoms with E-state index >= 15 is 0 Å². The number of benzene rings is 2. The molecule has 0 bridgehead atoms. The number of rotatable bonds is 5. The summed E-state index contributed by atoms with van der Waals surface area (Å²) >= 11 is 1.76. The molecule has 1 saturated heterocycles. The number of aliphatic carboxylic acids is 1. The van der Waals surface area contributed by atoms with E-state index in [1.807, 2.05) is 18.2 Å². The average molecular weight is 378 g/mol. The fraction of sp³-hybridized carbons (Fsp3) is 0.261. The smallest absolute Gasteiger partial charge is 0.320 e. The van der Waals surface area contributed by atoms with Gasteiger partial charge in [-0.25, -0.2) is 0 Å². The van der Waals surface area contributed by atoms with Crippen LogP contribution in [0.2, 0.25) is 0 Å². The third-order valence-corrected chi connectivity index (χ3v) is 6.33. The molecule has 0 radical (unpaired) electrons. The summed E-state index contributed by atoms with van der Waals surface area (Å²) in [6, 6.07) is 22.8. The molecule has 2 atom stereocenters. The molecule has 1 aromatic heterocycles. The number of hydrogen-bond donors (Lipinski definition) is 1. The molecule has 0 spiro atoms. The van der Waals surface area contributed by atoms with E-state index in [0.29, 0.717) is 0 Å². The zero-order valence-electron chi connectivity index (χ0n) is 15.3. The Morgan fingerprint density at radius 1 is 1.04 bits per heavy atom. The number of thiophene rings is 1. The molecule has 1 aliphatic heterocycles. The third-order valence-electron chi connectivity index (χ3n) is 5.28. The van der Waals surface area contributed by atoms with Crippen molar-refractivity contribution in [2.45, 2.75) is 31.8 Å². The lowest BCUT2D eigenvalue weighted by molar-refractivity contribution is -0.142. The maximum atomic E-state index is 11.8. The molecular formula is C23H23NO2S. The highest BCUT2D eigenvalue weighted by atomic mass is 32.1. The average Bonchev–Trinajstić information content (AvgIpc) is 3.33. The fourth-order valence-electron chi connectivity index (χ4n) is 3.97. The first-order valence-corrected chi connectivity index (χ1v) is 10.2. The maximum Gasteiger partial charge on any atom is 0.320 e. The zero-order chi connectivity index (χ0) is 18.8. The minimum atomic E-state index is -0.716. The van der Waals surface area contributed by atoms with Crippen molar-refractivity contribution in [3.63, 3.8) is 0 Å². The van der Waals surface area contributed by atoms with Crippen LogP contribution in [0, 0.1) is 6.92 Å². The summed E-state index contributed by atoms with van der Waals surface area (Å²) < 4.78 is 0. The molecule has 2 aromatic carbocycles. The first-order chi connectivity index (χ1) is 13.1. The van der Waals surface area contributed by atoms with Crippen LogP contribution in [0.1, 0.15) is 34.2 Å². The molecule has 1 N–H and O–H groups in total. The van der Waals surface area contributed by atoms with E-state index in [9.17, 15) is 9.90 Å². The van der Waals surface area contributed by atoms with Crippen LogP contribution >= 0.6 is 11.3 Å². The number of hydrogen-bond acceptors (Lipinski definition) is 3. The third kappa shape index (κ3) is 3.68. The number of aryl methyl sites for hydroxylation is 1. The van der Waals surface area contributed by atoms with Crippen molar-refractivity contribution in [2.24, 2.45) is 0 Å². The van der Waals surface area contributed by atoms with Gasteiger partial charge in [0, 0.05) is 16.3 Å². The van der Waals surface area contributed by atoms with Crippen LogP contribution in [-0.2, 0) is 4.79 Å². The largest absolute Gasteiger partial charge is 0.480 e. The Labute approximate surface area is 163 Å². The minimum Gasteiger partial charge on any atom is -0.480 e. The van der Waals surface area contributed by atoms with Crippen molar-refractivity contribution in [3.05, 3.63) is 82.0 Å². The van der Waals surface area contributed by atoms with Crippen LogP contribution in [0.5, 0.6) is 0 Å². The monoisotopic (exact) mass is 377 g/mol. The lowest BCUT2D eigenvalue weighted by Gasteiger charge is -2.31. The van der Waals surface area contributed by atoms with Gasteiger partial charge in [-0.1, -0.05) is 54.6 Å². The molecule has 4 rings (SSSR count). The van der Waals surface area contributed by atoms with Crippen LogP contribution < -0.4 is 0 Å². The molecule has 27 heavy (non-hydrogen) atoms. The van der Waals surface area contributed by atoms with E-state index in [-0.39, 0.29) is 6.04 Å². The first kappa shape index (κ1) is 18.0. The van der Waals surface area contributed by atoms with Gasteiger partial charge in [-0.15, -0.1) is 11.3 Å². The number of carboxylic acids is 1. The van der Waals surface area contributed by atoms with Crippen molar-refractivity contribution < 1.29 is 9.90 Å². The van der Waals surface area contributed by atoms with Gasteiger partial charge in [-0.05, 0) is 48.6 Å². The van der Waals surface area contributed by atoms with Gasteiger partial charge in [-0.3, -0.25) is 9.69 Å². The van der Waals surface area contributed by atoms with Gasteiger partial charge in [0.05, 0.1) is 6.04 Å². The van der Waals surface area contributed by atoms with E-state index in [4.69, 9.17) is 0 Å². The lowest BCUT2D eigenvalue weighted by Crippen LogP contribution is -2.39. The van der Waals surface area contributed by atoms with E-state index < -0.39 is 12.0 Å². The highest BCUT2D eigenvalue weighted by Gasteiger charge is 2.37. The topological polar surface area (TPSA) is 40.5 Å². The second kappa shape index (κ2) is 7.67. The molecule has 1 fully saturated rings. The number of carbonyl (C=O) groups is 1. The molecule has 0 amide bonds. The van der Waals surface area contributed by atoms with Crippen molar-refractivity contribution in [2.75, 3.05) is 6.54 Å². The highest BCUT2D eigenvalue weighted by Crippen LogP contribution is 2.38.